The van der Waals surface area contributed by atoms with Crippen molar-refractivity contribution in [2.45, 2.75) is 39.7 Å². The van der Waals surface area contributed by atoms with Crippen LogP contribution in [0.25, 0.3) is 0 Å². The summed E-state index contributed by atoms with van der Waals surface area (Å²) < 4.78 is 0.859. The molecule has 0 fully saturated rings. The van der Waals surface area contributed by atoms with E-state index in [9.17, 15) is 4.79 Å². The van der Waals surface area contributed by atoms with Gasteiger partial charge in [-0.05, 0) is 33.8 Å². The van der Waals surface area contributed by atoms with Crippen LogP contribution >= 0.6 is 15.9 Å². The van der Waals surface area contributed by atoms with Gasteiger partial charge in [0.15, 0.2) is 0 Å². The summed E-state index contributed by atoms with van der Waals surface area (Å²) in [6, 6.07) is 1.99. The molecule has 0 saturated carbocycles. The van der Waals surface area contributed by atoms with Crippen molar-refractivity contribution in [1.82, 2.24) is 4.98 Å². The number of rotatable bonds is 1. The van der Waals surface area contributed by atoms with E-state index in [1.807, 2.05) is 6.07 Å². The molecule has 1 atom stereocenters. The lowest BCUT2D eigenvalue weighted by Crippen LogP contribution is -2.28. The van der Waals surface area contributed by atoms with Crippen LogP contribution in [0.2, 0.25) is 0 Å². The van der Waals surface area contributed by atoms with Crippen molar-refractivity contribution >= 4 is 33.3 Å². The maximum atomic E-state index is 11.9. The summed E-state index contributed by atoms with van der Waals surface area (Å²) in [6.45, 7) is 6.52. The first-order chi connectivity index (χ1) is 8.33. The third-order valence-corrected chi connectivity index (χ3v) is 3.19. The van der Waals surface area contributed by atoms with Crippen LogP contribution in [-0.2, 0) is 4.79 Å². The van der Waals surface area contributed by atoms with Crippen LogP contribution in [0.1, 0.15) is 33.6 Å². The molecule has 1 amide bonds. The molecule has 0 radical (unpaired) electrons. The molecule has 2 rings (SSSR count). The zero-order valence-corrected chi connectivity index (χ0v) is 12.5. The topological polar surface area (TPSA) is 54.0 Å². The van der Waals surface area contributed by atoms with Crippen molar-refractivity contribution in [3.8, 4) is 0 Å². The number of nitrogens with one attached hydrogen (secondary N) is 2. The number of halogens is 1. The number of fused-ring (bicyclic) bond motifs is 1. The Morgan fingerprint density at radius 3 is 2.89 bits per heavy atom. The Labute approximate surface area is 116 Å². The van der Waals surface area contributed by atoms with E-state index in [1.165, 1.54) is 0 Å². The molecule has 98 valence electrons. The summed E-state index contributed by atoms with van der Waals surface area (Å²) in [7, 11) is 0. The summed E-state index contributed by atoms with van der Waals surface area (Å²) in [5.41, 5.74) is 0.920. The van der Waals surface area contributed by atoms with Crippen molar-refractivity contribution in [3.05, 3.63) is 16.7 Å². The van der Waals surface area contributed by atoms with E-state index in [-0.39, 0.29) is 17.4 Å². The van der Waals surface area contributed by atoms with Gasteiger partial charge in [0, 0.05) is 23.1 Å². The minimum Gasteiger partial charge on any atom is -0.365 e. The number of hydrogen-bond donors (Lipinski definition) is 2. The lowest BCUT2D eigenvalue weighted by molar-refractivity contribution is -0.116. The number of carbonyl (C=O) groups excluding carboxylic acids is 1. The largest absolute Gasteiger partial charge is 0.365 e. The van der Waals surface area contributed by atoms with Gasteiger partial charge >= 0.3 is 0 Å². The number of aromatic nitrogens is 1. The van der Waals surface area contributed by atoms with Gasteiger partial charge in [0.2, 0.25) is 5.91 Å². The molecule has 0 aromatic carbocycles. The molecule has 1 unspecified atom stereocenters. The fourth-order valence-corrected chi connectivity index (χ4v) is 2.51. The SMILES string of the molecule is CC(C)(C)CC1CC(=O)Nc2cc(Br)cnc2N1. The third-order valence-electron chi connectivity index (χ3n) is 2.76. The predicted octanol–water partition coefficient (Wildman–Crippen LogP) is 3.40. The monoisotopic (exact) mass is 311 g/mol. The normalized spacial score (nSPS) is 19.6. The number of carbonyl (C=O) groups is 1. The Kier molecular flexibility index (Phi) is 3.61. The average molecular weight is 312 g/mol. The van der Waals surface area contributed by atoms with Gasteiger partial charge in [0.1, 0.15) is 5.82 Å². The van der Waals surface area contributed by atoms with Crippen molar-refractivity contribution in [2.24, 2.45) is 5.41 Å². The molecule has 1 aliphatic rings. The van der Waals surface area contributed by atoms with Gasteiger partial charge < -0.3 is 10.6 Å². The second-order valence-corrected chi connectivity index (χ2v) is 6.82. The van der Waals surface area contributed by atoms with Crippen molar-refractivity contribution in [1.29, 1.82) is 0 Å². The number of amides is 1. The number of nitrogens with zero attached hydrogens (tertiary/aromatic N) is 1. The molecule has 2 heterocycles. The highest BCUT2D eigenvalue weighted by atomic mass is 79.9. The number of anilines is 2. The number of pyridine rings is 1. The van der Waals surface area contributed by atoms with Gasteiger partial charge in [-0.25, -0.2) is 4.98 Å². The molecule has 5 heteroatoms. The maximum Gasteiger partial charge on any atom is 0.226 e. The molecule has 1 aliphatic heterocycles. The molecule has 0 spiro atoms. The lowest BCUT2D eigenvalue weighted by Gasteiger charge is -2.25. The van der Waals surface area contributed by atoms with E-state index in [1.54, 1.807) is 6.20 Å². The Morgan fingerprint density at radius 2 is 2.22 bits per heavy atom. The van der Waals surface area contributed by atoms with E-state index in [0.717, 1.165) is 22.4 Å². The highest BCUT2D eigenvalue weighted by Gasteiger charge is 2.25. The molecule has 0 bridgehead atoms. The quantitative estimate of drug-likeness (QED) is 0.835. The summed E-state index contributed by atoms with van der Waals surface area (Å²) >= 11 is 3.36. The van der Waals surface area contributed by atoms with Gasteiger partial charge in [-0.3, -0.25) is 4.79 Å². The summed E-state index contributed by atoms with van der Waals surface area (Å²) in [4.78, 5) is 16.2. The molecule has 2 N–H and O–H groups in total. The molecule has 0 aliphatic carbocycles. The van der Waals surface area contributed by atoms with E-state index < -0.39 is 0 Å². The second-order valence-electron chi connectivity index (χ2n) is 5.91. The highest BCUT2D eigenvalue weighted by Crippen LogP contribution is 2.30. The van der Waals surface area contributed by atoms with Crippen LogP contribution < -0.4 is 10.6 Å². The van der Waals surface area contributed by atoms with E-state index in [2.05, 4.69) is 52.3 Å². The first-order valence-corrected chi connectivity index (χ1v) is 6.85. The Hall–Kier alpha value is -1.10. The van der Waals surface area contributed by atoms with Crippen LogP contribution in [-0.4, -0.2) is 16.9 Å². The van der Waals surface area contributed by atoms with Gasteiger partial charge in [-0.2, -0.15) is 0 Å². The second kappa shape index (κ2) is 4.88. The highest BCUT2D eigenvalue weighted by molar-refractivity contribution is 9.10. The van der Waals surface area contributed by atoms with E-state index in [0.29, 0.717) is 6.42 Å². The average Bonchev–Trinajstić information content (AvgIpc) is 2.32. The van der Waals surface area contributed by atoms with E-state index >= 15 is 0 Å². The lowest BCUT2D eigenvalue weighted by atomic mass is 9.87. The third kappa shape index (κ3) is 3.45. The summed E-state index contributed by atoms with van der Waals surface area (Å²) in [6.07, 6.45) is 3.14. The fourth-order valence-electron chi connectivity index (χ4n) is 2.18. The molecule has 1 aromatic heterocycles. The van der Waals surface area contributed by atoms with Gasteiger partial charge in [0.05, 0.1) is 5.69 Å². The standard InChI is InChI=1S/C13H18BrN3O/c1-13(2,3)6-9-5-11(18)17-10-4-8(14)7-15-12(10)16-9/h4,7,9H,5-6H2,1-3H3,(H,15,16)(H,17,18). The molecular weight excluding hydrogens is 294 g/mol. The Morgan fingerprint density at radius 1 is 1.50 bits per heavy atom. The first kappa shape index (κ1) is 13.3. The molecule has 4 nitrogen and oxygen atoms in total. The molecule has 1 aromatic rings. The smallest absolute Gasteiger partial charge is 0.226 e. The van der Waals surface area contributed by atoms with Gasteiger partial charge in [0.25, 0.3) is 0 Å². The number of hydrogen-bond acceptors (Lipinski definition) is 3. The van der Waals surface area contributed by atoms with Gasteiger partial charge in [-0.1, -0.05) is 20.8 Å². The first-order valence-electron chi connectivity index (χ1n) is 6.05. The van der Waals surface area contributed by atoms with Crippen molar-refractivity contribution in [2.75, 3.05) is 10.6 Å². The van der Waals surface area contributed by atoms with Gasteiger partial charge in [-0.15, -0.1) is 0 Å². The fraction of sp³-hybridized carbons (Fsp3) is 0.538. The van der Waals surface area contributed by atoms with Crippen LogP contribution in [0.3, 0.4) is 0 Å². The molecule has 0 saturated heterocycles. The minimum absolute atomic E-state index is 0.0374. The zero-order chi connectivity index (χ0) is 13.3. The van der Waals surface area contributed by atoms with Crippen molar-refractivity contribution in [3.63, 3.8) is 0 Å². The van der Waals surface area contributed by atoms with E-state index in [4.69, 9.17) is 0 Å². The zero-order valence-electron chi connectivity index (χ0n) is 10.9. The van der Waals surface area contributed by atoms with Crippen molar-refractivity contribution < 1.29 is 4.79 Å². The summed E-state index contributed by atoms with van der Waals surface area (Å²) in [5.74, 6) is 0.786. The predicted molar refractivity (Wildman–Crippen MR) is 76.7 cm³/mol. The van der Waals surface area contributed by atoms with Crippen LogP contribution in [0.4, 0.5) is 11.5 Å². The minimum atomic E-state index is 0.0374. The van der Waals surface area contributed by atoms with Crippen LogP contribution in [0, 0.1) is 5.41 Å². The summed E-state index contributed by atoms with van der Waals surface area (Å²) in [5, 5.41) is 6.24. The maximum absolute atomic E-state index is 11.9. The van der Waals surface area contributed by atoms with Crippen LogP contribution in [0.15, 0.2) is 16.7 Å². The Balaban J connectivity index is 2.24. The van der Waals surface area contributed by atoms with Crippen LogP contribution in [0.5, 0.6) is 0 Å². The molecular formula is C13H18BrN3O. The Bertz CT molecular complexity index is 468. The molecule has 18 heavy (non-hydrogen) atoms.